The molecule has 1 aromatic carbocycles. The van der Waals surface area contributed by atoms with Crippen molar-refractivity contribution in [2.24, 2.45) is 0 Å². The van der Waals surface area contributed by atoms with Gasteiger partial charge >= 0.3 is 0 Å². The quantitative estimate of drug-likeness (QED) is 0.652. The molecule has 1 aliphatic rings. The molecule has 1 fully saturated rings. The molecule has 1 atom stereocenters. The maximum Gasteiger partial charge on any atom is 0.270 e. The molecule has 6 heteroatoms. The highest BCUT2D eigenvalue weighted by molar-refractivity contribution is 5.82. The van der Waals surface area contributed by atoms with Gasteiger partial charge in [0.1, 0.15) is 5.82 Å². The third-order valence-electron chi connectivity index (χ3n) is 3.84. The third-order valence-corrected chi connectivity index (χ3v) is 3.84. The van der Waals surface area contributed by atoms with Crippen LogP contribution < -0.4 is 10.6 Å². The first-order valence-electron chi connectivity index (χ1n) is 7.25. The topological polar surface area (TPSA) is 80.1 Å². The van der Waals surface area contributed by atoms with Crippen LogP contribution in [0.5, 0.6) is 0 Å². The van der Waals surface area contributed by atoms with E-state index in [1.165, 1.54) is 18.9 Å². The Morgan fingerprint density at radius 2 is 2.29 bits per heavy atom. The number of benzene rings is 1. The summed E-state index contributed by atoms with van der Waals surface area (Å²) >= 11 is 0. The van der Waals surface area contributed by atoms with Crippen LogP contribution in [0.1, 0.15) is 19.3 Å². The number of fused-ring (bicyclic) bond motifs is 1. The van der Waals surface area contributed by atoms with E-state index in [2.05, 4.69) is 15.6 Å². The number of pyridine rings is 1. The van der Waals surface area contributed by atoms with Crippen molar-refractivity contribution in [3.8, 4) is 0 Å². The lowest BCUT2D eigenvalue weighted by Crippen LogP contribution is -2.24. The van der Waals surface area contributed by atoms with E-state index < -0.39 is 0 Å². The van der Waals surface area contributed by atoms with Gasteiger partial charge in [-0.2, -0.15) is 0 Å². The fraction of sp³-hybridized carbons (Fsp3) is 0.400. The monoisotopic (exact) mass is 286 g/mol. The number of nitro benzene ring substituents is 1. The predicted molar refractivity (Wildman–Crippen MR) is 82.5 cm³/mol. The lowest BCUT2D eigenvalue weighted by Gasteiger charge is -2.11. The Morgan fingerprint density at radius 1 is 1.38 bits per heavy atom. The molecule has 0 unspecified atom stereocenters. The van der Waals surface area contributed by atoms with Crippen LogP contribution in [0.25, 0.3) is 10.9 Å². The van der Waals surface area contributed by atoms with Gasteiger partial charge in [0.25, 0.3) is 5.69 Å². The highest BCUT2D eigenvalue weighted by atomic mass is 16.6. The second-order valence-electron chi connectivity index (χ2n) is 5.34. The molecular weight excluding hydrogens is 268 g/mol. The van der Waals surface area contributed by atoms with Crippen molar-refractivity contribution in [3.63, 3.8) is 0 Å². The number of hydrogen-bond acceptors (Lipinski definition) is 5. The van der Waals surface area contributed by atoms with E-state index in [1.807, 2.05) is 12.1 Å². The van der Waals surface area contributed by atoms with Gasteiger partial charge in [-0.25, -0.2) is 4.98 Å². The van der Waals surface area contributed by atoms with Gasteiger partial charge in [0.05, 0.1) is 10.4 Å². The van der Waals surface area contributed by atoms with E-state index in [0.717, 1.165) is 36.2 Å². The first kappa shape index (κ1) is 13.8. The molecule has 0 saturated carbocycles. The normalized spacial score (nSPS) is 18.0. The van der Waals surface area contributed by atoms with Crippen LogP contribution >= 0.6 is 0 Å². The fourth-order valence-electron chi connectivity index (χ4n) is 2.70. The van der Waals surface area contributed by atoms with Gasteiger partial charge in [0, 0.05) is 30.1 Å². The zero-order chi connectivity index (χ0) is 14.7. The molecule has 1 aliphatic heterocycles. The van der Waals surface area contributed by atoms with Crippen LogP contribution in [-0.4, -0.2) is 29.0 Å². The number of nitrogens with one attached hydrogen (secondary N) is 2. The van der Waals surface area contributed by atoms with E-state index in [1.54, 1.807) is 12.1 Å². The Kier molecular flexibility index (Phi) is 3.96. The summed E-state index contributed by atoms with van der Waals surface area (Å²) in [5.41, 5.74) is 0.863. The van der Waals surface area contributed by atoms with Crippen molar-refractivity contribution in [1.29, 1.82) is 0 Å². The van der Waals surface area contributed by atoms with Gasteiger partial charge in [-0.05, 0) is 44.0 Å². The summed E-state index contributed by atoms with van der Waals surface area (Å²) < 4.78 is 0. The van der Waals surface area contributed by atoms with Gasteiger partial charge in [0.15, 0.2) is 0 Å². The zero-order valence-electron chi connectivity index (χ0n) is 11.7. The van der Waals surface area contributed by atoms with Crippen LogP contribution in [-0.2, 0) is 0 Å². The van der Waals surface area contributed by atoms with Crippen LogP contribution in [0, 0.1) is 10.1 Å². The first-order valence-corrected chi connectivity index (χ1v) is 7.25. The fourth-order valence-corrected chi connectivity index (χ4v) is 2.70. The Balaban J connectivity index is 1.66. The Morgan fingerprint density at radius 3 is 3.05 bits per heavy atom. The summed E-state index contributed by atoms with van der Waals surface area (Å²) in [7, 11) is 0. The average molecular weight is 286 g/mol. The summed E-state index contributed by atoms with van der Waals surface area (Å²) in [4.78, 5) is 14.8. The predicted octanol–water partition coefficient (Wildman–Crippen LogP) is 2.70. The van der Waals surface area contributed by atoms with Crippen molar-refractivity contribution >= 4 is 22.4 Å². The van der Waals surface area contributed by atoms with Crippen molar-refractivity contribution in [1.82, 2.24) is 10.3 Å². The minimum Gasteiger partial charge on any atom is -0.370 e. The molecule has 0 amide bonds. The summed E-state index contributed by atoms with van der Waals surface area (Å²) in [6.07, 6.45) is 3.59. The number of nitrogens with zero attached hydrogens (tertiary/aromatic N) is 2. The highest BCUT2D eigenvalue weighted by Gasteiger charge is 2.13. The average Bonchev–Trinajstić information content (AvgIpc) is 3.00. The molecule has 2 heterocycles. The van der Waals surface area contributed by atoms with Crippen LogP contribution in [0.15, 0.2) is 30.3 Å². The van der Waals surface area contributed by atoms with E-state index in [0.29, 0.717) is 6.04 Å². The molecule has 0 spiro atoms. The van der Waals surface area contributed by atoms with Crippen molar-refractivity contribution < 1.29 is 4.92 Å². The third kappa shape index (κ3) is 3.28. The van der Waals surface area contributed by atoms with E-state index >= 15 is 0 Å². The molecule has 110 valence electrons. The first-order chi connectivity index (χ1) is 10.2. The Labute approximate surface area is 122 Å². The molecule has 6 nitrogen and oxygen atoms in total. The van der Waals surface area contributed by atoms with Crippen LogP contribution in [0.2, 0.25) is 0 Å². The van der Waals surface area contributed by atoms with Gasteiger partial charge in [0.2, 0.25) is 0 Å². The minimum absolute atomic E-state index is 0.0947. The lowest BCUT2D eigenvalue weighted by atomic mass is 10.1. The van der Waals surface area contributed by atoms with Gasteiger partial charge in [-0.15, -0.1) is 0 Å². The molecule has 0 radical (unpaired) electrons. The van der Waals surface area contributed by atoms with E-state index in [9.17, 15) is 10.1 Å². The van der Waals surface area contributed by atoms with Crippen molar-refractivity contribution in [2.75, 3.05) is 18.4 Å². The Bertz CT molecular complexity index is 653. The molecular formula is C15H18N4O2. The summed E-state index contributed by atoms with van der Waals surface area (Å²) in [5.74, 6) is 0.814. The van der Waals surface area contributed by atoms with Crippen molar-refractivity contribution in [2.45, 2.75) is 25.3 Å². The maximum absolute atomic E-state index is 10.7. The minimum atomic E-state index is -0.389. The Hall–Kier alpha value is -2.21. The second-order valence-corrected chi connectivity index (χ2v) is 5.34. The van der Waals surface area contributed by atoms with Gasteiger partial charge in [-0.1, -0.05) is 0 Å². The van der Waals surface area contributed by atoms with Crippen LogP contribution in [0.3, 0.4) is 0 Å². The van der Waals surface area contributed by atoms with Crippen LogP contribution in [0.4, 0.5) is 11.5 Å². The maximum atomic E-state index is 10.7. The highest BCUT2D eigenvalue weighted by Crippen LogP contribution is 2.21. The molecule has 1 aromatic heterocycles. The number of aromatic nitrogens is 1. The van der Waals surface area contributed by atoms with Gasteiger partial charge < -0.3 is 10.6 Å². The number of anilines is 1. The molecule has 0 bridgehead atoms. The molecule has 1 saturated heterocycles. The molecule has 2 N–H and O–H groups in total. The molecule has 0 aliphatic carbocycles. The number of rotatable bonds is 5. The van der Waals surface area contributed by atoms with E-state index in [4.69, 9.17) is 0 Å². The number of hydrogen-bond donors (Lipinski definition) is 2. The zero-order valence-corrected chi connectivity index (χ0v) is 11.7. The van der Waals surface area contributed by atoms with Gasteiger partial charge in [-0.3, -0.25) is 10.1 Å². The lowest BCUT2D eigenvalue weighted by molar-refractivity contribution is -0.384. The molecule has 3 rings (SSSR count). The molecule has 21 heavy (non-hydrogen) atoms. The largest absolute Gasteiger partial charge is 0.370 e. The summed E-state index contributed by atoms with van der Waals surface area (Å²) in [5, 5.41) is 18.3. The second kappa shape index (κ2) is 6.05. The van der Waals surface area contributed by atoms with Crippen molar-refractivity contribution in [3.05, 3.63) is 40.4 Å². The summed E-state index contributed by atoms with van der Waals surface area (Å²) in [6, 6.07) is 9.08. The standard InChI is InChI=1S/C15H18N4O2/c20-19(21)13-4-5-14-11(10-13)3-6-15(18-14)17-9-7-12-2-1-8-16-12/h3-6,10,12,16H,1-2,7-9H2,(H,17,18)/t12-/m0/s1. The summed E-state index contributed by atoms with van der Waals surface area (Å²) in [6.45, 7) is 2.00. The van der Waals surface area contributed by atoms with E-state index in [-0.39, 0.29) is 10.6 Å². The molecule has 2 aromatic rings. The SMILES string of the molecule is O=[N+]([O-])c1ccc2nc(NCC[C@@H]3CCCN3)ccc2c1. The smallest absolute Gasteiger partial charge is 0.270 e. The number of non-ortho nitro benzene ring substituents is 1. The number of nitro groups is 1.